The highest BCUT2D eigenvalue weighted by atomic mass is 16.5. The largest absolute Gasteiger partial charge is 0.456 e. The summed E-state index contributed by atoms with van der Waals surface area (Å²) in [7, 11) is 0. The van der Waals surface area contributed by atoms with Gasteiger partial charge < -0.3 is 19.6 Å². The van der Waals surface area contributed by atoms with Crippen molar-refractivity contribution in [3.8, 4) is 11.7 Å². The minimum absolute atomic E-state index is 0.221. The molecule has 6 nitrogen and oxygen atoms in total. The molecule has 0 bridgehead atoms. The maximum atomic E-state index is 6.19. The quantitative estimate of drug-likeness (QED) is 0.910. The molecule has 6 heteroatoms. The molecule has 0 aromatic carbocycles. The molecule has 2 aromatic heterocycles. The molecule has 0 spiro atoms. The highest BCUT2D eigenvalue weighted by Gasteiger charge is 2.20. The van der Waals surface area contributed by atoms with Gasteiger partial charge in [0.1, 0.15) is 5.76 Å². The standard InChI is InChI=1S/C15H22N4O2/c1-2-11-6-7-13(20-11)15-17-14(18-21-15)12(16)10-19-8-4-3-5-9-19/h6-7,12H,2-5,8-10,16H2,1H3. The Morgan fingerprint density at radius 2 is 2.10 bits per heavy atom. The summed E-state index contributed by atoms with van der Waals surface area (Å²) in [6.45, 7) is 5.03. The number of likely N-dealkylation sites (tertiary alicyclic amines) is 1. The van der Waals surface area contributed by atoms with Crippen LogP contribution < -0.4 is 5.73 Å². The van der Waals surface area contributed by atoms with Gasteiger partial charge in [0.25, 0.3) is 5.89 Å². The Morgan fingerprint density at radius 1 is 1.29 bits per heavy atom. The van der Waals surface area contributed by atoms with Gasteiger partial charge in [0.05, 0.1) is 6.04 Å². The number of rotatable bonds is 5. The lowest BCUT2D eigenvalue weighted by atomic mass is 10.1. The summed E-state index contributed by atoms with van der Waals surface area (Å²) in [5, 5.41) is 4.00. The number of aryl methyl sites for hydroxylation is 1. The van der Waals surface area contributed by atoms with Crippen molar-refractivity contribution in [3.05, 3.63) is 23.7 Å². The summed E-state index contributed by atoms with van der Waals surface area (Å²) in [6, 6.07) is 3.56. The molecule has 114 valence electrons. The van der Waals surface area contributed by atoms with E-state index in [-0.39, 0.29) is 6.04 Å². The molecule has 2 aromatic rings. The van der Waals surface area contributed by atoms with Gasteiger partial charge in [-0.25, -0.2) is 0 Å². The van der Waals surface area contributed by atoms with E-state index in [1.165, 1.54) is 19.3 Å². The SMILES string of the molecule is CCc1ccc(-c2nc(C(N)CN3CCCCC3)no2)o1. The number of furan rings is 1. The third-order valence-electron chi connectivity index (χ3n) is 3.90. The first-order valence-corrected chi connectivity index (χ1v) is 7.67. The van der Waals surface area contributed by atoms with Gasteiger partial charge in [0.15, 0.2) is 11.6 Å². The Labute approximate surface area is 124 Å². The monoisotopic (exact) mass is 290 g/mol. The van der Waals surface area contributed by atoms with Crippen LogP contribution in [0.1, 0.15) is 43.8 Å². The van der Waals surface area contributed by atoms with Gasteiger partial charge in [-0.3, -0.25) is 0 Å². The van der Waals surface area contributed by atoms with E-state index in [0.717, 1.165) is 31.8 Å². The van der Waals surface area contributed by atoms with Gasteiger partial charge in [-0.1, -0.05) is 18.5 Å². The Bertz CT molecular complexity index is 572. The van der Waals surface area contributed by atoms with E-state index in [1.54, 1.807) is 0 Å². The maximum Gasteiger partial charge on any atom is 0.293 e. The zero-order valence-corrected chi connectivity index (χ0v) is 12.4. The first kappa shape index (κ1) is 14.3. The Kier molecular flexibility index (Phi) is 4.36. The van der Waals surface area contributed by atoms with Crippen molar-refractivity contribution in [1.29, 1.82) is 0 Å². The first-order chi connectivity index (χ1) is 10.3. The van der Waals surface area contributed by atoms with Crippen LogP contribution in [-0.2, 0) is 6.42 Å². The third kappa shape index (κ3) is 3.33. The molecule has 0 radical (unpaired) electrons. The van der Waals surface area contributed by atoms with Gasteiger partial charge in [0, 0.05) is 13.0 Å². The van der Waals surface area contributed by atoms with Gasteiger partial charge in [-0.15, -0.1) is 0 Å². The number of hydrogen-bond acceptors (Lipinski definition) is 6. The lowest BCUT2D eigenvalue weighted by Crippen LogP contribution is -2.36. The molecule has 2 N–H and O–H groups in total. The van der Waals surface area contributed by atoms with Gasteiger partial charge in [-0.2, -0.15) is 4.98 Å². The van der Waals surface area contributed by atoms with Crippen molar-refractivity contribution < 1.29 is 8.94 Å². The number of aromatic nitrogens is 2. The number of hydrogen-bond donors (Lipinski definition) is 1. The van der Waals surface area contributed by atoms with Crippen LogP contribution in [0.25, 0.3) is 11.7 Å². The number of piperidine rings is 1. The molecule has 3 rings (SSSR count). The predicted octanol–water partition coefficient (Wildman–Crippen LogP) is 2.38. The summed E-state index contributed by atoms with van der Waals surface area (Å²) in [5.41, 5.74) is 6.19. The molecule has 1 aliphatic heterocycles. The van der Waals surface area contributed by atoms with E-state index in [0.29, 0.717) is 17.5 Å². The second-order valence-electron chi connectivity index (χ2n) is 5.55. The van der Waals surface area contributed by atoms with Crippen LogP contribution in [0.15, 0.2) is 21.1 Å². The normalized spacial score (nSPS) is 18.0. The molecule has 1 fully saturated rings. The van der Waals surface area contributed by atoms with Crippen molar-refractivity contribution in [1.82, 2.24) is 15.0 Å². The van der Waals surface area contributed by atoms with Gasteiger partial charge in [0.2, 0.25) is 0 Å². The minimum Gasteiger partial charge on any atom is -0.456 e. The minimum atomic E-state index is -0.221. The summed E-state index contributed by atoms with van der Waals surface area (Å²) in [4.78, 5) is 6.74. The smallest absolute Gasteiger partial charge is 0.293 e. The molecule has 1 unspecified atom stereocenters. The first-order valence-electron chi connectivity index (χ1n) is 7.67. The molecule has 0 aliphatic carbocycles. The Hall–Kier alpha value is -1.66. The molecular formula is C15H22N4O2. The topological polar surface area (TPSA) is 81.3 Å². The summed E-state index contributed by atoms with van der Waals surface area (Å²) in [5.74, 6) is 2.46. The van der Waals surface area contributed by atoms with E-state index < -0.39 is 0 Å². The van der Waals surface area contributed by atoms with Crippen LogP contribution in [0.5, 0.6) is 0 Å². The van der Waals surface area contributed by atoms with Crippen LogP contribution in [-0.4, -0.2) is 34.7 Å². The predicted molar refractivity (Wildman–Crippen MR) is 78.6 cm³/mol. The van der Waals surface area contributed by atoms with Gasteiger partial charge >= 0.3 is 0 Å². The van der Waals surface area contributed by atoms with E-state index in [1.807, 2.05) is 19.1 Å². The average molecular weight is 290 g/mol. The second kappa shape index (κ2) is 6.41. The van der Waals surface area contributed by atoms with Crippen molar-refractivity contribution >= 4 is 0 Å². The third-order valence-corrected chi connectivity index (χ3v) is 3.90. The van der Waals surface area contributed by atoms with Crippen molar-refractivity contribution in [2.75, 3.05) is 19.6 Å². The summed E-state index contributed by atoms with van der Waals surface area (Å²) >= 11 is 0. The van der Waals surface area contributed by atoms with Crippen molar-refractivity contribution in [3.63, 3.8) is 0 Å². The molecule has 1 saturated heterocycles. The fraction of sp³-hybridized carbons (Fsp3) is 0.600. The Morgan fingerprint density at radius 3 is 2.81 bits per heavy atom. The van der Waals surface area contributed by atoms with Crippen LogP contribution >= 0.6 is 0 Å². The highest BCUT2D eigenvalue weighted by molar-refractivity contribution is 5.44. The lowest BCUT2D eigenvalue weighted by molar-refractivity contribution is 0.213. The fourth-order valence-corrected chi connectivity index (χ4v) is 2.67. The average Bonchev–Trinajstić information content (AvgIpc) is 3.17. The molecular weight excluding hydrogens is 268 g/mol. The van der Waals surface area contributed by atoms with E-state index in [2.05, 4.69) is 15.0 Å². The maximum absolute atomic E-state index is 6.19. The second-order valence-corrected chi connectivity index (χ2v) is 5.55. The van der Waals surface area contributed by atoms with Crippen molar-refractivity contribution in [2.45, 2.75) is 38.6 Å². The van der Waals surface area contributed by atoms with E-state index in [4.69, 9.17) is 14.7 Å². The summed E-state index contributed by atoms with van der Waals surface area (Å²) in [6.07, 6.45) is 4.65. The van der Waals surface area contributed by atoms with Crippen LogP contribution in [0, 0.1) is 0 Å². The molecule has 0 saturated carbocycles. The zero-order chi connectivity index (χ0) is 14.7. The van der Waals surface area contributed by atoms with E-state index in [9.17, 15) is 0 Å². The Balaban J connectivity index is 1.65. The van der Waals surface area contributed by atoms with Crippen LogP contribution in [0.2, 0.25) is 0 Å². The van der Waals surface area contributed by atoms with E-state index >= 15 is 0 Å². The molecule has 3 heterocycles. The summed E-state index contributed by atoms with van der Waals surface area (Å²) < 4.78 is 10.9. The van der Waals surface area contributed by atoms with Crippen LogP contribution in [0.3, 0.4) is 0 Å². The lowest BCUT2D eigenvalue weighted by Gasteiger charge is -2.27. The zero-order valence-electron chi connectivity index (χ0n) is 12.4. The molecule has 1 atom stereocenters. The fourth-order valence-electron chi connectivity index (χ4n) is 2.67. The molecule has 0 amide bonds. The van der Waals surface area contributed by atoms with Gasteiger partial charge in [-0.05, 0) is 38.1 Å². The highest BCUT2D eigenvalue weighted by Crippen LogP contribution is 2.22. The molecule has 21 heavy (non-hydrogen) atoms. The molecule has 1 aliphatic rings. The number of nitrogens with zero attached hydrogens (tertiary/aromatic N) is 3. The number of nitrogens with two attached hydrogens (primary N) is 1. The van der Waals surface area contributed by atoms with Crippen molar-refractivity contribution in [2.24, 2.45) is 5.73 Å². The van der Waals surface area contributed by atoms with Crippen LogP contribution in [0.4, 0.5) is 0 Å².